The summed E-state index contributed by atoms with van der Waals surface area (Å²) in [4.78, 5) is 25.3. The Morgan fingerprint density at radius 3 is 2.39 bits per heavy atom. The van der Waals surface area contributed by atoms with Crippen LogP contribution >= 0.6 is 23.4 Å². The number of likely N-dealkylation sites (N-methyl/N-ethyl adjacent to an activating group) is 1. The van der Waals surface area contributed by atoms with Crippen molar-refractivity contribution in [2.24, 2.45) is 0 Å². The van der Waals surface area contributed by atoms with Crippen molar-refractivity contribution in [2.45, 2.75) is 11.9 Å². The van der Waals surface area contributed by atoms with Crippen LogP contribution in [0, 0.1) is 0 Å². The third kappa shape index (κ3) is 6.76. The Morgan fingerprint density at radius 2 is 1.75 bits per heavy atom. The first-order valence-corrected chi connectivity index (χ1v) is 9.72. The molecular formula is C19H18ClF3N2O2S. The summed E-state index contributed by atoms with van der Waals surface area (Å²) in [5.74, 6) is -0.249. The van der Waals surface area contributed by atoms with Gasteiger partial charge in [-0.1, -0.05) is 35.9 Å². The monoisotopic (exact) mass is 430 g/mol. The van der Waals surface area contributed by atoms with Crippen LogP contribution in [0.2, 0.25) is 5.02 Å². The Labute approximate surface area is 170 Å². The van der Waals surface area contributed by atoms with Crippen molar-refractivity contribution >= 4 is 40.9 Å². The highest BCUT2D eigenvalue weighted by Crippen LogP contribution is 2.34. The van der Waals surface area contributed by atoms with Crippen LogP contribution in [-0.2, 0) is 21.5 Å². The van der Waals surface area contributed by atoms with E-state index >= 15 is 0 Å². The Kier molecular flexibility index (Phi) is 7.77. The molecular weight excluding hydrogens is 413 g/mol. The van der Waals surface area contributed by atoms with Crippen molar-refractivity contribution in [2.75, 3.05) is 24.7 Å². The minimum absolute atomic E-state index is 0.144. The predicted octanol–water partition coefficient (Wildman–Crippen LogP) is 4.69. The van der Waals surface area contributed by atoms with Gasteiger partial charge in [-0.25, -0.2) is 0 Å². The molecule has 150 valence electrons. The minimum Gasteiger partial charge on any atom is -0.336 e. The zero-order valence-corrected chi connectivity index (χ0v) is 16.5. The molecule has 0 spiro atoms. The average molecular weight is 431 g/mol. The van der Waals surface area contributed by atoms with Crippen molar-refractivity contribution in [1.82, 2.24) is 4.90 Å². The standard InChI is InChI=1S/C19H18ClF3N2O2S/c1-25(18(27)12-28-11-13-6-8-14(20)9-7-13)10-17(26)24-16-5-3-2-4-15(16)19(21,22)23/h2-9H,10-12H2,1H3,(H,24,26). The number of rotatable bonds is 7. The van der Waals surface area contributed by atoms with Gasteiger partial charge in [-0.2, -0.15) is 13.2 Å². The molecule has 0 unspecified atom stereocenters. The molecule has 4 nitrogen and oxygen atoms in total. The van der Waals surface area contributed by atoms with Crippen LogP contribution in [0.15, 0.2) is 48.5 Å². The maximum atomic E-state index is 13.0. The van der Waals surface area contributed by atoms with Crippen molar-refractivity contribution in [1.29, 1.82) is 0 Å². The molecule has 2 aromatic carbocycles. The Morgan fingerprint density at radius 1 is 1.11 bits per heavy atom. The number of amides is 2. The number of thioether (sulfide) groups is 1. The van der Waals surface area contributed by atoms with Crippen LogP contribution in [-0.4, -0.2) is 36.1 Å². The van der Waals surface area contributed by atoms with Crippen molar-refractivity contribution in [3.63, 3.8) is 0 Å². The van der Waals surface area contributed by atoms with E-state index in [0.717, 1.165) is 11.6 Å². The van der Waals surface area contributed by atoms with E-state index in [2.05, 4.69) is 5.32 Å². The molecule has 9 heteroatoms. The lowest BCUT2D eigenvalue weighted by Crippen LogP contribution is -2.36. The van der Waals surface area contributed by atoms with Crippen LogP contribution in [0.25, 0.3) is 0 Å². The van der Waals surface area contributed by atoms with E-state index in [-0.39, 0.29) is 23.9 Å². The molecule has 0 saturated carbocycles. The Balaban J connectivity index is 1.83. The molecule has 0 heterocycles. The second-order valence-corrected chi connectivity index (χ2v) is 7.38. The van der Waals surface area contributed by atoms with Gasteiger partial charge in [0.15, 0.2) is 0 Å². The highest BCUT2D eigenvalue weighted by atomic mass is 35.5. The topological polar surface area (TPSA) is 49.4 Å². The number of alkyl halides is 3. The fraction of sp³-hybridized carbons (Fsp3) is 0.263. The van der Waals surface area contributed by atoms with Gasteiger partial charge in [0.25, 0.3) is 0 Å². The van der Waals surface area contributed by atoms with E-state index < -0.39 is 17.6 Å². The molecule has 2 aromatic rings. The molecule has 2 rings (SSSR count). The number of carbonyl (C=O) groups excluding carboxylic acids is 2. The van der Waals surface area contributed by atoms with Crippen molar-refractivity contribution in [3.05, 3.63) is 64.7 Å². The van der Waals surface area contributed by atoms with E-state index in [0.29, 0.717) is 10.8 Å². The van der Waals surface area contributed by atoms with Crippen LogP contribution in [0.1, 0.15) is 11.1 Å². The SMILES string of the molecule is CN(CC(=O)Nc1ccccc1C(F)(F)F)C(=O)CSCc1ccc(Cl)cc1. The molecule has 28 heavy (non-hydrogen) atoms. The second-order valence-electron chi connectivity index (χ2n) is 5.96. The lowest BCUT2D eigenvalue weighted by Gasteiger charge is -2.18. The fourth-order valence-corrected chi connectivity index (χ4v) is 3.33. The summed E-state index contributed by atoms with van der Waals surface area (Å²) in [6, 6.07) is 11.9. The maximum Gasteiger partial charge on any atom is 0.418 e. The van der Waals surface area contributed by atoms with E-state index in [1.807, 2.05) is 12.1 Å². The molecule has 0 atom stereocenters. The lowest BCUT2D eigenvalue weighted by atomic mass is 10.1. The van der Waals surface area contributed by atoms with Gasteiger partial charge in [-0.3, -0.25) is 9.59 Å². The lowest BCUT2D eigenvalue weighted by molar-refractivity contribution is -0.137. The molecule has 2 amide bonds. The van der Waals surface area contributed by atoms with Gasteiger partial charge in [0.2, 0.25) is 11.8 Å². The van der Waals surface area contributed by atoms with Crippen LogP contribution in [0.3, 0.4) is 0 Å². The highest BCUT2D eigenvalue weighted by Gasteiger charge is 2.33. The first-order chi connectivity index (χ1) is 13.2. The maximum absolute atomic E-state index is 13.0. The number of nitrogens with zero attached hydrogens (tertiary/aromatic N) is 1. The van der Waals surface area contributed by atoms with Gasteiger partial charge in [0, 0.05) is 17.8 Å². The minimum atomic E-state index is -4.58. The first kappa shape index (κ1) is 22.1. The van der Waals surface area contributed by atoms with Gasteiger partial charge in [0.05, 0.1) is 23.5 Å². The summed E-state index contributed by atoms with van der Waals surface area (Å²) in [6.45, 7) is -0.341. The zero-order chi connectivity index (χ0) is 20.7. The van der Waals surface area contributed by atoms with Crippen LogP contribution in [0.5, 0.6) is 0 Å². The van der Waals surface area contributed by atoms with Gasteiger partial charge < -0.3 is 10.2 Å². The second kappa shape index (κ2) is 9.84. The number of benzene rings is 2. The summed E-state index contributed by atoms with van der Waals surface area (Å²) >= 11 is 7.18. The number of hydrogen-bond acceptors (Lipinski definition) is 3. The molecule has 0 aliphatic carbocycles. The van der Waals surface area contributed by atoms with Crippen LogP contribution in [0.4, 0.5) is 18.9 Å². The normalized spacial score (nSPS) is 11.2. The number of hydrogen-bond donors (Lipinski definition) is 1. The van der Waals surface area contributed by atoms with E-state index in [1.54, 1.807) is 12.1 Å². The number of para-hydroxylation sites is 1. The number of nitrogens with one attached hydrogen (secondary N) is 1. The molecule has 0 saturated heterocycles. The summed E-state index contributed by atoms with van der Waals surface area (Å²) in [5, 5.41) is 2.85. The van der Waals surface area contributed by atoms with E-state index in [9.17, 15) is 22.8 Å². The summed E-state index contributed by atoms with van der Waals surface area (Å²) in [7, 11) is 1.43. The predicted molar refractivity (Wildman–Crippen MR) is 105 cm³/mol. The molecule has 0 aromatic heterocycles. The van der Waals surface area contributed by atoms with Crippen molar-refractivity contribution < 1.29 is 22.8 Å². The number of anilines is 1. The Hall–Kier alpha value is -2.19. The first-order valence-electron chi connectivity index (χ1n) is 8.19. The summed E-state index contributed by atoms with van der Waals surface area (Å²) < 4.78 is 38.9. The largest absolute Gasteiger partial charge is 0.418 e. The molecule has 0 aliphatic heterocycles. The van der Waals surface area contributed by atoms with Gasteiger partial charge in [-0.05, 0) is 29.8 Å². The van der Waals surface area contributed by atoms with Gasteiger partial charge in [0.1, 0.15) is 0 Å². The molecule has 1 N–H and O–H groups in total. The molecule has 0 radical (unpaired) electrons. The quantitative estimate of drug-likeness (QED) is 0.693. The highest BCUT2D eigenvalue weighted by molar-refractivity contribution is 7.99. The Bertz CT molecular complexity index is 829. The smallest absolute Gasteiger partial charge is 0.336 e. The van der Waals surface area contributed by atoms with Gasteiger partial charge in [-0.15, -0.1) is 11.8 Å². The van der Waals surface area contributed by atoms with Crippen molar-refractivity contribution in [3.8, 4) is 0 Å². The molecule has 0 fully saturated rings. The van der Waals surface area contributed by atoms with E-state index in [4.69, 9.17) is 11.6 Å². The third-order valence-corrected chi connectivity index (χ3v) is 4.96. The molecule has 0 aliphatic rings. The molecule has 0 bridgehead atoms. The van der Waals surface area contributed by atoms with Crippen LogP contribution < -0.4 is 5.32 Å². The third-order valence-electron chi connectivity index (χ3n) is 3.72. The fourth-order valence-electron chi connectivity index (χ4n) is 2.28. The average Bonchev–Trinajstić information content (AvgIpc) is 2.62. The number of carbonyl (C=O) groups is 2. The summed E-state index contributed by atoms with van der Waals surface area (Å²) in [6.07, 6.45) is -4.58. The zero-order valence-electron chi connectivity index (χ0n) is 14.9. The van der Waals surface area contributed by atoms with E-state index in [1.165, 1.54) is 41.9 Å². The van der Waals surface area contributed by atoms with Gasteiger partial charge >= 0.3 is 6.18 Å². The number of halogens is 4. The summed E-state index contributed by atoms with van der Waals surface area (Å²) in [5.41, 5.74) is -0.264.